The van der Waals surface area contributed by atoms with Gasteiger partial charge >= 0.3 is 12.1 Å². The van der Waals surface area contributed by atoms with Crippen LogP contribution in [-0.2, 0) is 4.74 Å². The van der Waals surface area contributed by atoms with Crippen LogP contribution in [0, 0.1) is 5.92 Å². The molecule has 0 aliphatic carbocycles. The summed E-state index contributed by atoms with van der Waals surface area (Å²) in [6, 6.07) is -0.291. The number of allylic oxidation sites excluding steroid dienone is 1. The second-order valence-corrected chi connectivity index (χ2v) is 4.09. The fraction of sp³-hybridized carbons (Fsp3) is 0.667. The molecule has 3 N–H and O–H groups in total. The summed E-state index contributed by atoms with van der Waals surface area (Å²) in [5.41, 5.74) is 1.09. The predicted octanol–water partition coefficient (Wildman–Crippen LogP) is 1.59. The van der Waals surface area contributed by atoms with E-state index in [1.807, 2.05) is 6.92 Å². The van der Waals surface area contributed by atoms with E-state index in [0.29, 0.717) is 25.6 Å². The smallest absolute Gasteiger partial charge is 0.407 e. The van der Waals surface area contributed by atoms with Crippen LogP contribution in [0.5, 0.6) is 0 Å². The maximum atomic E-state index is 11.3. The molecule has 6 nitrogen and oxygen atoms in total. The van der Waals surface area contributed by atoms with Gasteiger partial charge in [-0.3, -0.25) is 0 Å². The average Bonchev–Trinajstić information content (AvgIpc) is 2.31. The number of ether oxygens (including phenoxy) is 1. The van der Waals surface area contributed by atoms with E-state index in [-0.39, 0.29) is 6.03 Å². The highest BCUT2D eigenvalue weighted by Crippen LogP contribution is 2.05. The molecule has 0 unspecified atom stereocenters. The van der Waals surface area contributed by atoms with E-state index >= 15 is 0 Å². The fourth-order valence-corrected chi connectivity index (χ4v) is 0.920. The van der Waals surface area contributed by atoms with Crippen LogP contribution in [0.4, 0.5) is 9.59 Å². The van der Waals surface area contributed by atoms with Crippen molar-refractivity contribution in [1.29, 1.82) is 0 Å². The van der Waals surface area contributed by atoms with E-state index in [1.165, 1.54) is 0 Å². The van der Waals surface area contributed by atoms with Crippen LogP contribution in [0.2, 0.25) is 0 Å². The van der Waals surface area contributed by atoms with E-state index in [1.54, 1.807) is 13.1 Å². The molecule has 0 radical (unpaired) electrons. The van der Waals surface area contributed by atoms with Gasteiger partial charge in [0.15, 0.2) is 0 Å². The Morgan fingerprint density at radius 2 is 1.83 bits per heavy atom. The molecule has 0 saturated carbocycles. The van der Waals surface area contributed by atoms with Gasteiger partial charge in [-0.25, -0.2) is 9.59 Å². The monoisotopic (exact) mass is 257 g/mol. The Labute approximate surface area is 108 Å². The van der Waals surface area contributed by atoms with Crippen molar-refractivity contribution in [3.8, 4) is 0 Å². The summed E-state index contributed by atoms with van der Waals surface area (Å²) in [5.74, 6) is 0.399. The number of nitrogens with one attached hydrogen (secondary N) is 3. The van der Waals surface area contributed by atoms with Gasteiger partial charge in [0.25, 0.3) is 0 Å². The molecule has 6 heteroatoms. The zero-order valence-electron chi connectivity index (χ0n) is 11.5. The van der Waals surface area contributed by atoms with Gasteiger partial charge in [-0.05, 0) is 19.8 Å². The maximum absolute atomic E-state index is 11.3. The third-order valence-corrected chi connectivity index (χ3v) is 2.30. The number of carbonyl (C=O) groups excluding carboxylic acids is 2. The van der Waals surface area contributed by atoms with Crippen LogP contribution in [0.1, 0.15) is 27.7 Å². The van der Waals surface area contributed by atoms with Crippen molar-refractivity contribution in [2.24, 2.45) is 5.92 Å². The summed E-state index contributed by atoms with van der Waals surface area (Å²) in [4.78, 5) is 22.2. The Hall–Kier alpha value is -1.72. The van der Waals surface area contributed by atoms with Gasteiger partial charge in [-0.2, -0.15) is 0 Å². The first-order valence-electron chi connectivity index (χ1n) is 6.09. The number of carbonyl (C=O) groups is 2. The van der Waals surface area contributed by atoms with Crippen LogP contribution in [0.3, 0.4) is 0 Å². The van der Waals surface area contributed by atoms with Crippen molar-refractivity contribution in [3.05, 3.63) is 11.8 Å². The minimum atomic E-state index is -0.477. The summed E-state index contributed by atoms with van der Waals surface area (Å²) in [7, 11) is 0. The first-order chi connectivity index (χ1) is 8.47. The number of alkyl carbamates (subject to hydrolysis) is 1. The first-order valence-corrected chi connectivity index (χ1v) is 6.09. The molecular formula is C12H23N3O3. The van der Waals surface area contributed by atoms with Gasteiger partial charge in [0, 0.05) is 19.3 Å². The average molecular weight is 257 g/mol. The van der Waals surface area contributed by atoms with Crippen LogP contribution in [-0.4, -0.2) is 31.8 Å². The molecule has 0 bridgehead atoms. The lowest BCUT2D eigenvalue weighted by molar-refractivity contribution is 0.152. The highest BCUT2D eigenvalue weighted by Gasteiger charge is 2.01. The molecule has 0 aromatic carbocycles. The summed E-state index contributed by atoms with van der Waals surface area (Å²) >= 11 is 0. The van der Waals surface area contributed by atoms with Crippen molar-refractivity contribution in [1.82, 2.24) is 16.0 Å². The molecule has 18 heavy (non-hydrogen) atoms. The summed E-state index contributed by atoms with van der Waals surface area (Å²) in [6.07, 6.45) is 1.20. The molecule has 0 aliphatic rings. The van der Waals surface area contributed by atoms with Crippen molar-refractivity contribution < 1.29 is 14.3 Å². The Morgan fingerprint density at radius 1 is 1.22 bits per heavy atom. The minimum Gasteiger partial charge on any atom is -0.450 e. The first kappa shape index (κ1) is 16.3. The molecule has 0 aromatic rings. The predicted molar refractivity (Wildman–Crippen MR) is 70.2 cm³/mol. The van der Waals surface area contributed by atoms with Gasteiger partial charge in [-0.15, -0.1) is 0 Å². The van der Waals surface area contributed by atoms with Crippen molar-refractivity contribution in [2.45, 2.75) is 27.7 Å². The lowest BCUT2D eigenvalue weighted by atomic mass is 10.1. The van der Waals surface area contributed by atoms with Crippen LogP contribution < -0.4 is 16.0 Å². The highest BCUT2D eigenvalue weighted by molar-refractivity contribution is 5.75. The molecule has 0 aliphatic heterocycles. The van der Waals surface area contributed by atoms with Crippen molar-refractivity contribution >= 4 is 12.1 Å². The Balaban J connectivity index is 3.66. The molecule has 0 heterocycles. The summed E-state index contributed by atoms with van der Waals surface area (Å²) in [6.45, 7) is 8.79. The third kappa shape index (κ3) is 8.43. The van der Waals surface area contributed by atoms with Gasteiger partial charge < -0.3 is 20.7 Å². The summed E-state index contributed by atoms with van der Waals surface area (Å²) < 4.78 is 4.67. The topological polar surface area (TPSA) is 79.5 Å². The number of hydrogen-bond donors (Lipinski definition) is 3. The molecule has 3 amide bonds. The van der Waals surface area contributed by atoms with E-state index in [0.717, 1.165) is 5.57 Å². The third-order valence-electron chi connectivity index (χ3n) is 2.30. The Morgan fingerprint density at radius 3 is 2.39 bits per heavy atom. The van der Waals surface area contributed by atoms with E-state index < -0.39 is 6.09 Å². The van der Waals surface area contributed by atoms with Gasteiger partial charge in [0.2, 0.25) is 0 Å². The largest absolute Gasteiger partial charge is 0.450 e. The second kappa shape index (κ2) is 9.32. The lowest BCUT2D eigenvalue weighted by Gasteiger charge is -2.08. The standard InChI is InChI=1S/C12H23N3O3/c1-5-18-12(17)14-7-6-13-11(16)15-8-10(4)9(2)3/h8-9H,5-7H2,1-4H3,(H,14,17)(H2,13,15,16)/b10-8+. The molecule has 0 spiro atoms. The second-order valence-electron chi connectivity index (χ2n) is 4.09. The van der Waals surface area contributed by atoms with Gasteiger partial charge in [0.05, 0.1) is 6.61 Å². The van der Waals surface area contributed by atoms with Gasteiger partial charge in [0.1, 0.15) is 0 Å². The highest BCUT2D eigenvalue weighted by atomic mass is 16.5. The van der Waals surface area contributed by atoms with Crippen molar-refractivity contribution in [3.63, 3.8) is 0 Å². The molecule has 0 saturated heterocycles. The summed E-state index contributed by atoms with van der Waals surface area (Å²) in [5, 5.41) is 7.73. The zero-order chi connectivity index (χ0) is 14.0. The maximum Gasteiger partial charge on any atom is 0.407 e. The molecule has 0 aromatic heterocycles. The van der Waals surface area contributed by atoms with E-state index in [2.05, 4.69) is 34.5 Å². The number of urea groups is 1. The molecule has 0 fully saturated rings. The lowest BCUT2D eigenvalue weighted by Crippen LogP contribution is -2.38. The Kier molecular flexibility index (Phi) is 8.43. The molecule has 104 valence electrons. The zero-order valence-corrected chi connectivity index (χ0v) is 11.5. The van der Waals surface area contributed by atoms with Crippen LogP contribution >= 0.6 is 0 Å². The number of amides is 3. The van der Waals surface area contributed by atoms with E-state index in [9.17, 15) is 9.59 Å². The molecule has 0 rings (SSSR count). The normalized spacial score (nSPS) is 11.1. The number of hydrogen-bond acceptors (Lipinski definition) is 3. The quantitative estimate of drug-likeness (QED) is 0.632. The number of rotatable bonds is 6. The Bertz CT molecular complexity index is 301. The minimum absolute atomic E-state index is 0.291. The fourth-order valence-electron chi connectivity index (χ4n) is 0.920. The van der Waals surface area contributed by atoms with Gasteiger partial charge in [-0.1, -0.05) is 19.4 Å². The van der Waals surface area contributed by atoms with Crippen LogP contribution in [0.15, 0.2) is 11.8 Å². The molecule has 0 atom stereocenters. The molecular weight excluding hydrogens is 234 g/mol. The van der Waals surface area contributed by atoms with Crippen LogP contribution in [0.25, 0.3) is 0 Å². The SMILES string of the molecule is CCOC(=O)NCCNC(=O)N/C=C(\C)C(C)C. The van der Waals surface area contributed by atoms with E-state index in [4.69, 9.17) is 0 Å². The van der Waals surface area contributed by atoms with Crippen molar-refractivity contribution in [2.75, 3.05) is 19.7 Å².